The fourth-order valence-corrected chi connectivity index (χ4v) is 2.55. The van der Waals surface area contributed by atoms with Gasteiger partial charge in [-0.3, -0.25) is 4.79 Å². The highest BCUT2D eigenvalue weighted by Gasteiger charge is 2.29. The zero-order valence-electron chi connectivity index (χ0n) is 11.5. The smallest absolute Gasteiger partial charge is 0.256 e. The van der Waals surface area contributed by atoms with Crippen molar-refractivity contribution >= 4 is 21.8 Å². The number of aromatic nitrogens is 2. The lowest BCUT2D eigenvalue weighted by Crippen LogP contribution is -2.45. The first-order valence-corrected chi connectivity index (χ1v) is 7.93. The van der Waals surface area contributed by atoms with Crippen LogP contribution >= 0.6 is 15.9 Å². The van der Waals surface area contributed by atoms with Crippen molar-refractivity contribution in [3.63, 3.8) is 0 Å². The molecule has 1 aromatic heterocycles. The third-order valence-electron chi connectivity index (χ3n) is 3.64. The Morgan fingerprint density at radius 2 is 2.16 bits per heavy atom. The predicted octanol–water partition coefficient (Wildman–Crippen LogP) is 2.87. The van der Waals surface area contributed by atoms with Gasteiger partial charge in [0.05, 0.1) is 17.0 Å². The summed E-state index contributed by atoms with van der Waals surface area (Å²) in [4.78, 5) is 14.7. The summed E-state index contributed by atoms with van der Waals surface area (Å²) in [5.74, 6) is 0.112. The maximum absolute atomic E-state index is 12.7. The second kappa shape index (κ2) is 6.46. The topological polar surface area (TPSA) is 46.1 Å². The largest absolute Gasteiger partial charge is 0.336 e. The van der Waals surface area contributed by atoms with Gasteiger partial charge in [-0.15, -0.1) is 0 Å². The van der Waals surface area contributed by atoms with Gasteiger partial charge in [0.15, 0.2) is 0 Å². The fraction of sp³-hybridized carbons (Fsp3) is 0.643. The van der Waals surface area contributed by atoms with Crippen molar-refractivity contribution in [1.29, 1.82) is 0 Å². The highest BCUT2D eigenvalue weighted by molar-refractivity contribution is 9.09. The number of rotatable bonds is 5. The van der Waals surface area contributed by atoms with Crippen LogP contribution in [0.2, 0.25) is 0 Å². The molecule has 0 spiro atoms. The molecule has 0 atom stereocenters. The van der Waals surface area contributed by atoms with E-state index in [0.29, 0.717) is 11.6 Å². The Hall–Kier alpha value is -0.970. The first kappa shape index (κ1) is 14.4. The van der Waals surface area contributed by atoms with E-state index in [1.165, 1.54) is 6.42 Å². The number of hydrogen-bond acceptors (Lipinski definition) is 3. The quantitative estimate of drug-likeness (QED) is 0.782. The number of nitrogens with zero attached hydrogens (tertiary/aromatic N) is 3. The molecule has 1 aliphatic carbocycles. The number of carbonyl (C=O) groups is 1. The molecule has 0 radical (unpaired) electrons. The van der Waals surface area contributed by atoms with E-state index in [1.54, 1.807) is 0 Å². The molecule has 4 nitrogen and oxygen atoms in total. The summed E-state index contributed by atoms with van der Waals surface area (Å²) in [5, 5.41) is 8.98. The number of hydrogen-bond donors (Lipinski definition) is 0. The van der Waals surface area contributed by atoms with Crippen LogP contribution in [0.15, 0.2) is 6.07 Å². The minimum absolute atomic E-state index is 0.112. The number of aryl methyl sites for hydroxylation is 2. The molecule has 5 heteroatoms. The second-order valence-electron chi connectivity index (χ2n) is 5.11. The lowest BCUT2D eigenvalue weighted by molar-refractivity contribution is 0.0579. The van der Waals surface area contributed by atoms with Gasteiger partial charge in [-0.25, -0.2) is 0 Å². The van der Waals surface area contributed by atoms with E-state index in [2.05, 4.69) is 26.1 Å². The van der Waals surface area contributed by atoms with Crippen molar-refractivity contribution in [3.8, 4) is 0 Å². The van der Waals surface area contributed by atoms with E-state index in [4.69, 9.17) is 0 Å². The average Bonchev–Trinajstić information content (AvgIpc) is 2.34. The molecule has 19 heavy (non-hydrogen) atoms. The Balaban J connectivity index is 2.19. The van der Waals surface area contributed by atoms with Gasteiger partial charge in [0.25, 0.3) is 5.91 Å². The highest BCUT2D eigenvalue weighted by Crippen LogP contribution is 2.27. The molecule has 0 bridgehead atoms. The maximum atomic E-state index is 12.7. The van der Waals surface area contributed by atoms with Crippen LogP contribution in [0.25, 0.3) is 0 Å². The molecule has 0 N–H and O–H groups in total. The van der Waals surface area contributed by atoms with Gasteiger partial charge in [0.1, 0.15) is 0 Å². The number of amides is 1. The molecule has 0 aliphatic heterocycles. The SMILES string of the molecule is Cc1cc(C(=O)N(CCCBr)C2CCC2)c(C)nn1. The minimum Gasteiger partial charge on any atom is -0.336 e. The molecular weight excluding hydrogens is 306 g/mol. The Morgan fingerprint density at radius 3 is 2.74 bits per heavy atom. The van der Waals surface area contributed by atoms with Crippen LogP contribution in [0, 0.1) is 13.8 Å². The summed E-state index contributed by atoms with van der Waals surface area (Å²) in [5.41, 5.74) is 2.22. The third kappa shape index (κ3) is 3.32. The van der Waals surface area contributed by atoms with Gasteiger partial charge in [-0.2, -0.15) is 10.2 Å². The van der Waals surface area contributed by atoms with E-state index in [9.17, 15) is 4.79 Å². The van der Waals surface area contributed by atoms with Crippen LogP contribution in [-0.4, -0.2) is 38.9 Å². The molecule has 1 heterocycles. The van der Waals surface area contributed by atoms with Crippen molar-refractivity contribution in [2.75, 3.05) is 11.9 Å². The van der Waals surface area contributed by atoms with E-state index in [0.717, 1.165) is 42.5 Å². The molecule has 1 aromatic rings. The molecular formula is C14H20BrN3O. The Bertz CT molecular complexity index is 460. The Labute approximate surface area is 122 Å². The zero-order valence-corrected chi connectivity index (χ0v) is 13.1. The summed E-state index contributed by atoms with van der Waals surface area (Å²) >= 11 is 3.44. The molecule has 104 valence electrons. The van der Waals surface area contributed by atoms with Gasteiger partial charge in [-0.05, 0) is 45.6 Å². The first-order chi connectivity index (χ1) is 9.13. The van der Waals surface area contributed by atoms with E-state index >= 15 is 0 Å². The Morgan fingerprint density at radius 1 is 1.42 bits per heavy atom. The maximum Gasteiger partial charge on any atom is 0.256 e. The van der Waals surface area contributed by atoms with Crippen molar-refractivity contribution in [2.45, 2.75) is 45.6 Å². The van der Waals surface area contributed by atoms with E-state index in [1.807, 2.05) is 24.8 Å². The van der Waals surface area contributed by atoms with Crippen LogP contribution in [0.4, 0.5) is 0 Å². The van der Waals surface area contributed by atoms with Gasteiger partial charge in [-0.1, -0.05) is 15.9 Å². The number of alkyl halides is 1. The fourth-order valence-electron chi connectivity index (χ4n) is 2.30. The van der Waals surface area contributed by atoms with Crippen molar-refractivity contribution in [2.24, 2.45) is 0 Å². The first-order valence-electron chi connectivity index (χ1n) is 6.81. The molecule has 1 fully saturated rings. The van der Waals surface area contributed by atoms with Crippen LogP contribution in [0.5, 0.6) is 0 Å². The lowest BCUT2D eigenvalue weighted by atomic mass is 9.90. The molecule has 0 saturated heterocycles. The number of carbonyl (C=O) groups excluding carboxylic acids is 1. The van der Waals surface area contributed by atoms with Gasteiger partial charge >= 0.3 is 0 Å². The lowest BCUT2D eigenvalue weighted by Gasteiger charge is -2.37. The second-order valence-corrected chi connectivity index (χ2v) is 5.90. The summed E-state index contributed by atoms with van der Waals surface area (Å²) in [6.45, 7) is 4.54. The molecule has 1 saturated carbocycles. The van der Waals surface area contributed by atoms with Crippen molar-refractivity contribution in [1.82, 2.24) is 15.1 Å². The van der Waals surface area contributed by atoms with Crippen LogP contribution in [-0.2, 0) is 0 Å². The minimum atomic E-state index is 0.112. The van der Waals surface area contributed by atoms with Gasteiger partial charge < -0.3 is 4.90 Å². The Kier molecular flexibility index (Phi) is 4.91. The highest BCUT2D eigenvalue weighted by atomic mass is 79.9. The molecule has 2 rings (SSSR count). The summed E-state index contributed by atoms with van der Waals surface area (Å²) < 4.78 is 0. The molecule has 1 aliphatic rings. The normalized spacial score (nSPS) is 15.1. The van der Waals surface area contributed by atoms with Gasteiger partial charge in [0, 0.05) is 17.9 Å². The predicted molar refractivity (Wildman–Crippen MR) is 78.6 cm³/mol. The third-order valence-corrected chi connectivity index (χ3v) is 4.20. The molecule has 1 amide bonds. The summed E-state index contributed by atoms with van der Waals surface area (Å²) in [6.07, 6.45) is 4.48. The zero-order chi connectivity index (χ0) is 13.8. The summed E-state index contributed by atoms with van der Waals surface area (Å²) in [6, 6.07) is 2.27. The molecule has 0 aromatic carbocycles. The number of halogens is 1. The van der Waals surface area contributed by atoms with E-state index < -0.39 is 0 Å². The van der Waals surface area contributed by atoms with Gasteiger partial charge in [0.2, 0.25) is 0 Å². The van der Waals surface area contributed by atoms with E-state index in [-0.39, 0.29) is 5.91 Å². The van der Waals surface area contributed by atoms with Crippen molar-refractivity contribution < 1.29 is 4.79 Å². The van der Waals surface area contributed by atoms with Crippen molar-refractivity contribution in [3.05, 3.63) is 23.0 Å². The average molecular weight is 326 g/mol. The molecule has 0 unspecified atom stereocenters. The van der Waals surface area contributed by atoms with Crippen LogP contribution in [0.3, 0.4) is 0 Å². The standard InChI is InChI=1S/C14H20BrN3O/c1-10-9-13(11(2)17-16-10)14(19)18(8-4-7-15)12-5-3-6-12/h9,12H,3-8H2,1-2H3. The monoisotopic (exact) mass is 325 g/mol. The summed E-state index contributed by atoms with van der Waals surface area (Å²) in [7, 11) is 0. The van der Waals surface area contributed by atoms with Crippen LogP contribution < -0.4 is 0 Å². The van der Waals surface area contributed by atoms with Crippen LogP contribution in [0.1, 0.15) is 47.4 Å².